The second-order valence-corrected chi connectivity index (χ2v) is 8.72. The molecule has 9 heteroatoms. The van der Waals surface area contributed by atoms with Crippen LogP contribution in [0.3, 0.4) is 0 Å². The number of phenolic OH excluding ortho intramolecular Hbond substituents is 1. The highest BCUT2D eigenvalue weighted by atomic mass is 16.5. The van der Waals surface area contributed by atoms with Gasteiger partial charge in [0, 0.05) is 38.2 Å². The molecule has 2 amide bonds. The van der Waals surface area contributed by atoms with E-state index in [2.05, 4.69) is 9.97 Å². The molecule has 2 heterocycles. The average molecular weight is 477 g/mol. The van der Waals surface area contributed by atoms with Crippen molar-refractivity contribution in [3.63, 3.8) is 0 Å². The summed E-state index contributed by atoms with van der Waals surface area (Å²) in [4.78, 5) is 46.6. The molecule has 3 aromatic rings. The summed E-state index contributed by atoms with van der Waals surface area (Å²) >= 11 is 0. The Labute approximate surface area is 203 Å². The zero-order valence-corrected chi connectivity index (χ0v) is 19.9. The number of likely N-dealkylation sites (tertiary alicyclic amines) is 1. The molecule has 1 atom stereocenters. The van der Waals surface area contributed by atoms with Crippen LogP contribution in [0, 0.1) is 6.92 Å². The van der Waals surface area contributed by atoms with Crippen molar-refractivity contribution in [3.05, 3.63) is 64.6 Å². The lowest BCUT2D eigenvalue weighted by atomic mass is 10.1. The summed E-state index contributed by atoms with van der Waals surface area (Å²) < 4.78 is 5.75. The molecule has 182 valence electrons. The normalized spacial score (nSPS) is 15.2. The van der Waals surface area contributed by atoms with Gasteiger partial charge in [-0.1, -0.05) is 12.1 Å². The van der Waals surface area contributed by atoms with E-state index in [0.29, 0.717) is 46.9 Å². The summed E-state index contributed by atoms with van der Waals surface area (Å²) in [5, 5.41) is 9.78. The van der Waals surface area contributed by atoms with Crippen LogP contribution in [0.25, 0.3) is 22.5 Å². The zero-order chi connectivity index (χ0) is 25.1. The number of aromatic hydroxyl groups is 1. The summed E-state index contributed by atoms with van der Waals surface area (Å²) in [7, 11) is 1.75. The van der Waals surface area contributed by atoms with E-state index >= 15 is 0 Å². The van der Waals surface area contributed by atoms with E-state index in [4.69, 9.17) is 4.74 Å². The molecule has 2 N–H and O–H groups in total. The first-order valence-corrected chi connectivity index (χ1v) is 11.4. The van der Waals surface area contributed by atoms with E-state index < -0.39 is 5.69 Å². The number of phenols is 1. The van der Waals surface area contributed by atoms with Gasteiger partial charge in [-0.3, -0.25) is 9.59 Å². The minimum absolute atomic E-state index is 0.0183. The molecule has 0 bridgehead atoms. The van der Waals surface area contributed by atoms with Gasteiger partial charge in [0.25, 0.3) is 5.91 Å². The SMILES string of the molecule is CC(=O)N(C)C1CCN(C(=O)COc2cccc(-c3cc(-c4ccc(O)c(C)c4)nc(=O)[nH]3)c2)C1. The van der Waals surface area contributed by atoms with Crippen LogP contribution in [-0.2, 0) is 9.59 Å². The van der Waals surface area contributed by atoms with E-state index in [1.54, 1.807) is 66.2 Å². The first-order chi connectivity index (χ1) is 16.7. The Morgan fingerprint density at radius 3 is 2.74 bits per heavy atom. The number of nitrogens with one attached hydrogen (secondary N) is 1. The number of rotatable bonds is 6. The summed E-state index contributed by atoms with van der Waals surface area (Å²) in [6, 6.07) is 13.9. The first kappa shape index (κ1) is 24.0. The number of nitrogens with zero attached hydrogens (tertiary/aromatic N) is 3. The molecular weight excluding hydrogens is 448 g/mol. The molecule has 35 heavy (non-hydrogen) atoms. The number of hydrogen-bond acceptors (Lipinski definition) is 6. The van der Waals surface area contributed by atoms with Crippen LogP contribution in [0.1, 0.15) is 18.9 Å². The number of carbonyl (C=O) groups is 2. The van der Waals surface area contributed by atoms with Crippen molar-refractivity contribution >= 4 is 11.8 Å². The number of benzene rings is 2. The summed E-state index contributed by atoms with van der Waals surface area (Å²) in [5.41, 5.74) is 2.64. The average Bonchev–Trinajstić information content (AvgIpc) is 3.34. The predicted molar refractivity (Wildman–Crippen MR) is 131 cm³/mol. The van der Waals surface area contributed by atoms with E-state index in [0.717, 1.165) is 6.42 Å². The monoisotopic (exact) mass is 476 g/mol. The fourth-order valence-electron chi connectivity index (χ4n) is 4.11. The van der Waals surface area contributed by atoms with Gasteiger partial charge in [0.05, 0.1) is 17.4 Å². The van der Waals surface area contributed by atoms with Crippen molar-refractivity contribution in [2.24, 2.45) is 0 Å². The van der Waals surface area contributed by atoms with Crippen molar-refractivity contribution < 1.29 is 19.4 Å². The highest BCUT2D eigenvalue weighted by molar-refractivity contribution is 5.79. The van der Waals surface area contributed by atoms with E-state index in [9.17, 15) is 19.5 Å². The number of aromatic nitrogens is 2. The van der Waals surface area contributed by atoms with Crippen LogP contribution in [-0.4, -0.2) is 69.5 Å². The van der Waals surface area contributed by atoms with Crippen molar-refractivity contribution in [3.8, 4) is 34.0 Å². The molecule has 1 aliphatic rings. The number of aromatic amines is 1. The first-order valence-electron chi connectivity index (χ1n) is 11.4. The number of likely N-dealkylation sites (N-methyl/N-ethyl adjacent to an activating group) is 1. The molecule has 9 nitrogen and oxygen atoms in total. The molecule has 2 aromatic carbocycles. The van der Waals surface area contributed by atoms with Gasteiger partial charge in [0.15, 0.2) is 6.61 Å². The van der Waals surface area contributed by atoms with Gasteiger partial charge < -0.3 is 24.6 Å². The summed E-state index contributed by atoms with van der Waals surface area (Å²) in [5.74, 6) is 0.507. The Kier molecular flexibility index (Phi) is 6.86. The van der Waals surface area contributed by atoms with Gasteiger partial charge in [-0.05, 0) is 55.3 Å². The number of carbonyl (C=O) groups excluding carboxylic acids is 2. The maximum atomic E-state index is 12.6. The highest BCUT2D eigenvalue weighted by Gasteiger charge is 2.30. The minimum atomic E-state index is -0.496. The molecule has 0 aliphatic carbocycles. The van der Waals surface area contributed by atoms with Gasteiger partial charge in [-0.2, -0.15) is 4.98 Å². The molecule has 1 saturated heterocycles. The lowest BCUT2D eigenvalue weighted by Gasteiger charge is -2.23. The molecule has 0 saturated carbocycles. The van der Waals surface area contributed by atoms with Crippen LogP contribution in [0.5, 0.6) is 11.5 Å². The summed E-state index contributed by atoms with van der Waals surface area (Å²) in [6.45, 7) is 4.26. The largest absolute Gasteiger partial charge is 0.508 e. The Morgan fingerprint density at radius 2 is 2.00 bits per heavy atom. The molecule has 4 rings (SSSR count). The fourth-order valence-corrected chi connectivity index (χ4v) is 4.11. The topological polar surface area (TPSA) is 116 Å². The van der Waals surface area contributed by atoms with E-state index in [1.165, 1.54) is 6.92 Å². The third-order valence-corrected chi connectivity index (χ3v) is 6.31. The summed E-state index contributed by atoms with van der Waals surface area (Å²) in [6.07, 6.45) is 0.746. The predicted octanol–water partition coefficient (Wildman–Crippen LogP) is 2.58. The third kappa shape index (κ3) is 5.51. The molecule has 1 aliphatic heterocycles. The molecule has 1 fully saturated rings. The molecule has 0 spiro atoms. The van der Waals surface area contributed by atoms with Crippen molar-refractivity contribution in [1.29, 1.82) is 0 Å². The number of amides is 2. The number of ether oxygens (including phenoxy) is 1. The Hall–Kier alpha value is -4.14. The van der Waals surface area contributed by atoms with Gasteiger partial charge in [-0.15, -0.1) is 0 Å². The zero-order valence-electron chi connectivity index (χ0n) is 19.9. The molecule has 1 unspecified atom stereocenters. The van der Waals surface area contributed by atoms with E-state index in [1.807, 2.05) is 6.07 Å². The second kappa shape index (κ2) is 10.0. The maximum absolute atomic E-state index is 12.6. The van der Waals surface area contributed by atoms with Crippen molar-refractivity contribution in [2.45, 2.75) is 26.3 Å². The lowest BCUT2D eigenvalue weighted by Crippen LogP contribution is -2.40. The highest BCUT2D eigenvalue weighted by Crippen LogP contribution is 2.27. The standard InChI is InChI=1S/C26H28N4O5/c1-16-11-19(7-8-24(16)32)23-13-22(27-26(34)28-23)18-5-4-6-21(12-18)35-15-25(33)30-10-9-20(14-30)29(3)17(2)31/h4-8,11-13,20,32H,9-10,14-15H2,1-3H3,(H,27,28,34). The Balaban J connectivity index is 1.46. The van der Waals surface area contributed by atoms with Crippen LogP contribution >= 0.6 is 0 Å². The maximum Gasteiger partial charge on any atom is 0.345 e. The lowest BCUT2D eigenvalue weighted by molar-refractivity contribution is -0.134. The quantitative estimate of drug-likeness (QED) is 0.565. The Morgan fingerprint density at radius 1 is 1.20 bits per heavy atom. The van der Waals surface area contributed by atoms with Crippen LogP contribution in [0.4, 0.5) is 0 Å². The smallest absolute Gasteiger partial charge is 0.345 e. The van der Waals surface area contributed by atoms with Gasteiger partial charge in [0.1, 0.15) is 11.5 Å². The minimum Gasteiger partial charge on any atom is -0.508 e. The van der Waals surface area contributed by atoms with Crippen LogP contribution in [0.15, 0.2) is 53.3 Å². The third-order valence-electron chi connectivity index (χ3n) is 6.31. The van der Waals surface area contributed by atoms with Crippen LogP contribution in [0.2, 0.25) is 0 Å². The fraction of sp³-hybridized carbons (Fsp3) is 0.308. The van der Waals surface area contributed by atoms with E-state index in [-0.39, 0.29) is 30.2 Å². The van der Waals surface area contributed by atoms with Gasteiger partial charge in [0.2, 0.25) is 5.91 Å². The molecular formula is C26H28N4O5. The number of aryl methyl sites for hydroxylation is 1. The van der Waals surface area contributed by atoms with Gasteiger partial charge in [-0.25, -0.2) is 4.79 Å². The van der Waals surface area contributed by atoms with Crippen molar-refractivity contribution in [1.82, 2.24) is 19.8 Å². The van der Waals surface area contributed by atoms with Gasteiger partial charge >= 0.3 is 5.69 Å². The number of hydrogen-bond donors (Lipinski definition) is 2. The second-order valence-electron chi connectivity index (χ2n) is 8.72. The number of H-pyrrole nitrogens is 1. The Bertz CT molecular complexity index is 1320. The van der Waals surface area contributed by atoms with Crippen molar-refractivity contribution in [2.75, 3.05) is 26.7 Å². The van der Waals surface area contributed by atoms with Crippen LogP contribution < -0.4 is 10.4 Å². The molecule has 0 radical (unpaired) electrons. The molecule has 1 aromatic heterocycles.